The van der Waals surface area contributed by atoms with Gasteiger partial charge in [0.05, 0.1) is 37.9 Å². The molecule has 4 N–H and O–H groups in total. The number of carbonyl (C=O) groups is 2. The molecule has 3 fully saturated rings. The van der Waals surface area contributed by atoms with Gasteiger partial charge in [0.25, 0.3) is 0 Å². The Hall–Kier alpha value is -2.43. The lowest BCUT2D eigenvalue weighted by atomic mass is 9.87. The number of hydrazine groups is 1. The number of hydrogen-bond donors (Lipinski definition) is 4. The number of likely N-dealkylation sites (tertiary alicyclic amines) is 1. The standard InChI is InChI=1S/C22H33N5O5/c1-13-22(2,30)12-27(13)21(29)32-16-6-5-15(9-16)17-10-18(26-25-17)24-19(28)8-14-4-7-20(31-3)23-11-14/h4,7,11,13,15-18,25-26,30H,5-6,8-10,12H2,1-3H3,(H,24,28)/t13-,15-,16+,17?,18?,22+/m0/s1. The van der Waals surface area contributed by atoms with E-state index in [4.69, 9.17) is 9.47 Å². The molecule has 0 spiro atoms. The third kappa shape index (κ3) is 4.97. The molecule has 0 radical (unpaired) electrons. The van der Waals surface area contributed by atoms with E-state index in [0.717, 1.165) is 31.2 Å². The number of nitrogens with zero attached hydrogens (tertiary/aromatic N) is 2. The van der Waals surface area contributed by atoms with Crippen molar-refractivity contribution in [2.45, 2.75) is 75.9 Å². The lowest BCUT2D eigenvalue weighted by Crippen LogP contribution is -2.68. The monoisotopic (exact) mass is 447 g/mol. The molecule has 0 bridgehead atoms. The molecule has 6 atom stereocenters. The molecule has 10 nitrogen and oxygen atoms in total. The van der Waals surface area contributed by atoms with Crippen molar-refractivity contribution in [2.75, 3.05) is 13.7 Å². The molecule has 1 saturated carbocycles. The van der Waals surface area contributed by atoms with Gasteiger partial charge >= 0.3 is 6.09 Å². The highest BCUT2D eigenvalue weighted by Gasteiger charge is 2.49. The molecule has 2 saturated heterocycles. The van der Waals surface area contributed by atoms with Gasteiger partial charge in [0.1, 0.15) is 6.10 Å². The van der Waals surface area contributed by atoms with E-state index in [9.17, 15) is 14.7 Å². The number of amides is 2. The minimum atomic E-state index is -0.833. The van der Waals surface area contributed by atoms with E-state index in [0.29, 0.717) is 18.3 Å². The highest BCUT2D eigenvalue weighted by atomic mass is 16.6. The first-order valence-corrected chi connectivity index (χ1v) is 11.2. The van der Waals surface area contributed by atoms with Crippen molar-refractivity contribution in [1.29, 1.82) is 0 Å². The van der Waals surface area contributed by atoms with Crippen LogP contribution in [0.4, 0.5) is 4.79 Å². The molecule has 2 aliphatic heterocycles. The van der Waals surface area contributed by atoms with E-state index in [2.05, 4.69) is 21.2 Å². The van der Waals surface area contributed by atoms with Crippen LogP contribution in [-0.4, -0.2) is 70.6 Å². The first-order chi connectivity index (χ1) is 15.2. The fourth-order valence-corrected chi connectivity index (χ4v) is 4.77. The lowest BCUT2D eigenvalue weighted by molar-refractivity contribution is -0.123. The number of methoxy groups -OCH3 is 1. The molecule has 2 unspecified atom stereocenters. The summed E-state index contributed by atoms with van der Waals surface area (Å²) in [7, 11) is 1.55. The lowest BCUT2D eigenvalue weighted by Gasteiger charge is -2.50. The minimum Gasteiger partial charge on any atom is -0.481 e. The SMILES string of the molecule is COc1ccc(CC(=O)NC2CC([C@H]3CC[C@@H](OC(=O)N4C[C@@](C)(O)[C@@H]4C)C3)NN2)cn1. The Morgan fingerprint density at radius 1 is 1.31 bits per heavy atom. The van der Waals surface area contributed by atoms with Gasteiger partial charge in [-0.15, -0.1) is 0 Å². The fourth-order valence-electron chi connectivity index (χ4n) is 4.77. The Kier molecular flexibility index (Phi) is 6.55. The highest BCUT2D eigenvalue weighted by Crippen LogP contribution is 2.35. The second-order valence-corrected chi connectivity index (χ2v) is 9.38. The molecule has 32 heavy (non-hydrogen) atoms. The van der Waals surface area contributed by atoms with Gasteiger partial charge in [0.15, 0.2) is 0 Å². The van der Waals surface area contributed by atoms with E-state index >= 15 is 0 Å². The van der Waals surface area contributed by atoms with E-state index in [-0.39, 0.29) is 42.8 Å². The highest BCUT2D eigenvalue weighted by molar-refractivity contribution is 5.78. The van der Waals surface area contributed by atoms with Crippen molar-refractivity contribution >= 4 is 12.0 Å². The van der Waals surface area contributed by atoms with Crippen LogP contribution in [0.15, 0.2) is 18.3 Å². The summed E-state index contributed by atoms with van der Waals surface area (Å²) in [4.78, 5) is 30.4. The smallest absolute Gasteiger partial charge is 0.410 e. The number of aliphatic hydroxyl groups is 1. The van der Waals surface area contributed by atoms with Crippen LogP contribution in [0.25, 0.3) is 0 Å². The van der Waals surface area contributed by atoms with Crippen LogP contribution in [0, 0.1) is 5.92 Å². The molecule has 1 aromatic heterocycles. The summed E-state index contributed by atoms with van der Waals surface area (Å²) in [6.07, 6.45) is 4.65. The third-order valence-electron chi connectivity index (χ3n) is 6.99. The summed E-state index contributed by atoms with van der Waals surface area (Å²) >= 11 is 0. The third-order valence-corrected chi connectivity index (χ3v) is 6.99. The average Bonchev–Trinajstić information content (AvgIpc) is 3.41. The van der Waals surface area contributed by atoms with Gasteiger partial charge in [-0.05, 0) is 51.0 Å². The average molecular weight is 448 g/mol. The predicted octanol–water partition coefficient (Wildman–Crippen LogP) is 0.702. The molecule has 0 aromatic carbocycles. The number of carbonyl (C=O) groups excluding carboxylic acids is 2. The Morgan fingerprint density at radius 3 is 2.78 bits per heavy atom. The molecular weight excluding hydrogens is 414 g/mol. The zero-order chi connectivity index (χ0) is 22.9. The topological polar surface area (TPSA) is 125 Å². The maximum absolute atomic E-state index is 12.4. The van der Waals surface area contributed by atoms with Gasteiger partial charge in [0.2, 0.25) is 11.8 Å². The van der Waals surface area contributed by atoms with Crippen molar-refractivity contribution in [1.82, 2.24) is 26.1 Å². The summed E-state index contributed by atoms with van der Waals surface area (Å²) in [6, 6.07) is 3.54. The quantitative estimate of drug-likeness (QED) is 0.502. The van der Waals surface area contributed by atoms with Crippen LogP contribution in [0.3, 0.4) is 0 Å². The molecular formula is C22H33N5O5. The van der Waals surface area contributed by atoms with E-state index < -0.39 is 5.60 Å². The number of pyridine rings is 1. The molecule has 176 valence electrons. The first kappa shape index (κ1) is 22.8. The van der Waals surface area contributed by atoms with Crippen molar-refractivity contribution in [2.24, 2.45) is 5.92 Å². The van der Waals surface area contributed by atoms with Crippen molar-refractivity contribution in [3.8, 4) is 5.88 Å². The summed E-state index contributed by atoms with van der Waals surface area (Å²) < 4.78 is 10.7. The Balaban J connectivity index is 1.18. The number of ether oxygens (including phenoxy) is 2. The van der Waals surface area contributed by atoms with Gasteiger partial charge in [-0.2, -0.15) is 0 Å². The van der Waals surface area contributed by atoms with Crippen LogP contribution in [0.1, 0.15) is 45.1 Å². The second-order valence-electron chi connectivity index (χ2n) is 9.38. The molecule has 1 aliphatic carbocycles. The van der Waals surface area contributed by atoms with E-state index in [1.807, 2.05) is 13.0 Å². The first-order valence-electron chi connectivity index (χ1n) is 11.2. The minimum absolute atomic E-state index is 0.0744. The second kappa shape index (κ2) is 9.21. The van der Waals surface area contributed by atoms with Crippen LogP contribution in [-0.2, 0) is 16.0 Å². The Bertz CT molecular complexity index is 833. The van der Waals surface area contributed by atoms with Crippen LogP contribution in [0.5, 0.6) is 5.88 Å². The zero-order valence-corrected chi connectivity index (χ0v) is 18.8. The largest absolute Gasteiger partial charge is 0.481 e. The summed E-state index contributed by atoms with van der Waals surface area (Å²) in [5, 5.41) is 13.0. The van der Waals surface area contributed by atoms with Gasteiger partial charge < -0.3 is 19.9 Å². The van der Waals surface area contributed by atoms with E-state index in [1.54, 1.807) is 31.2 Å². The van der Waals surface area contributed by atoms with Crippen LogP contribution in [0.2, 0.25) is 0 Å². The summed E-state index contributed by atoms with van der Waals surface area (Å²) in [5.74, 6) is 0.810. The zero-order valence-electron chi connectivity index (χ0n) is 18.8. The van der Waals surface area contributed by atoms with E-state index in [1.165, 1.54) is 0 Å². The summed E-state index contributed by atoms with van der Waals surface area (Å²) in [5.41, 5.74) is 6.45. The molecule has 2 amide bonds. The fraction of sp³-hybridized carbons (Fsp3) is 0.682. The van der Waals surface area contributed by atoms with Gasteiger partial charge in [-0.25, -0.2) is 15.2 Å². The molecule has 3 aliphatic rings. The van der Waals surface area contributed by atoms with Gasteiger partial charge in [0, 0.05) is 18.3 Å². The summed E-state index contributed by atoms with van der Waals surface area (Å²) in [6.45, 7) is 3.87. The molecule has 10 heteroatoms. The number of β-amino-alcohol motifs (C(OH)–C–C–N with tert-alkyl or cyclic N) is 1. The maximum atomic E-state index is 12.4. The maximum Gasteiger partial charge on any atom is 0.410 e. The van der Waals surface area contributed by atoms with Crippen molar-refractivity contribution < 1.29 is 24.2 Å². The number of nitrogens with one attached hydrogen (secondary N) is 3. The molecule has 3 heterocycles. The van der Waals surface area contributed by atoms with Crippen LogP contribution < -0.4 is 20.9 Å². The normalized spacial score (nSPS) is 34.1. The van der Waals surface area contributed by atoms with Crippen LogP contribution >= 0.6 is 0 Å². The van der Waals surface area contributed by atoms with Crippen molar-refractivity contribution in [3.63, 3.8) is 0 Å². The molecule has 1 aromatic rings. The number of aromatic nitrogens is 1. The Morgan fingerprint density at radius 2 is 2.12 bits per heavy atom. The molecule has 4 rings (SSSR count). The van der Waals surface area contributed by atoms with Gasteiger partial charge in [-0.3, -0.25) is 15.1 Å². The van der Waals surface area contributed by atoms with Gasteiger partial charge in [-0.1, -0.05) is 6.07 Å². The number of hydrogen-bond acceptors (Lipinski definition) is 8. The predicted molar refractivity (Wildman–Crippen MR) is 116 cm³/mol. The number of rotatable bonds is 6. The van der Waals surface area contributed by atoms with Crippen molar-refractivity contribution in [3.05, 3.63) is 23.9 Å². The Labute approximate surface area is 188 Å².